The molecule has 1 atom stereocenters. The average molecular weight is 355 g/mol. The van der Waals surface area contributed by atoms with Crippen LogP contribution in [-0.4, -0.2) is 25.7 Å². The van der Waals surface area contributed by atoms with Gasteiger partial charge in [-0.25, -0.2) is 4.79 Å². The Hall–Kier alpha value is -2.30. The SMILES string of the molecule is C[C@H]1CN(c2ccc3cc(-c4cccc(Cl)c4)c(=O)oc3c2)CCN1. The van der Waals surface area contributed by atoms with E-state index in [2.05, 4.69) is 23.2 Å². The summed E-state index contributed by atoms with van der Waals surface area (Å²) in [6.07, 6.45) is 0. The van der Waals surface area contributed by atoms with E-state index in [1.54, 1.807) is 12.1 Å². The highest BCUT2D eigenvalue weighted by atomic mass is 35.5. The topological polar surface area (TPSA) is 45.5 Å². The molecule has 1 aromatic heterocycles. The van der Waals surface area contributed by atoms with Gasteiger partial charge in [0.2, 0.25) is 0 Å². The van der Waals surface area contributed by atoms with Gasteiger partial charge in [0, 0.05) is 47.8 Å². The maximum Gasteiger partial charge on any atom is 0.344 e. The Balaban J connectivity index is 1.75. The summed E-state index contributed by atoms with van der Waals surface area (Å²) in [5, 5.41) is 4.93. The summed E-state index contributed by atoms with van der Waals surface area (Å²) in [6, 6.07) is 15.6. The lowest BCUT2D eigenvalue weighted by molar-refractivity contribution is 0.484. The molecule has 0 radical (unpaired) electrons. The van der Waals surface area contributed by atoms with Crippen LogP contribution in [-0.2, 0) is 0 Å². The fourth-order valence-electron chi connectivity index (χ4n) is 3.32. The number of fused-ring (bicyclic) bond motifs is 1. The lowest BCUT2D eigenvalue weighted by Gasteiger charge is -2.33. The summed E-state index contributed by atoms with van der Waals surface area (Å²) in [7, 11) is 0. The van der Waals surface area contributed by atoms with Gasteiger partial charge >= 0.3 is 5.63 Å². The lowest BCUT2D eigenvalue weighted by Crippen LogP contribution is -2.49. The van der Waals surface area contributed by atoms with Gasteiger partial charge in [0.25, 0.3) is 0 Å². The van der Waals surface area contributed by atoms with Crippen molar-refractivity contribution in [3.63, 3.8) is 0 Å². The molecular weight excluding hydrogens is 336 g/mol. The van der Waals surface area contributed by atoms with Gasteiger partial charge in [-0.3, -0.25) is 0 Å². The molecule has 4 nitrogen and oxygen atoms in total. The normalized spacial score (nSPS) is 17.8. The van der Waals surface area contributed by atoms with Crippen molar-refractivity contribution in [3.8, 4) is 11.1 Å². The minimum absolute atomic E-state index is 0.347. The Kier molecular flexibility index (Phi) is 4.24. The Bertz CT molecular complexity index is 983. The third kappa shape index (κ3) is 3.28. The first-order valence-corrected chi connectivity index (χ1v) is 8.80. The molecule has 5 heteroatoms. The van der Waals surface area contributed by atoms with Crippen LogP contribution in [0, 0.1) is 0 Å². The van der Waals surface area contributed by atoms with Gasteiger partial charge in [-0.2, -0.15) is 0 Å². The molecule has 128 valence electrons. The summed E-state index contributed by atoms with van der Waals surface area (Å²) in [5.41, 5.74) is 2.64. The van der Waals surface area contributed by atoms with Crippen molar-refractivity contribution >= 4 is 28.3 Å². The molecule has 0 amide bonds. The summed E-state index contributed by atoms with van der Waals surface area (Å²) in [5.74, 6) is 0. The number of rotatable bonds is 2. The van der Waals surface area contributed by atoms with Gasteiger partial charge < -0.3 is 14.6 Å². The van der Waals surface area contributed by atoms with Crippen LogP contribution in [0.25, 0.3) is 22.1 Å². The molecule has 25 heavy (non-hydrogen) atoms. The molecule has 1 N–H and O–H groups in total. The number of nitrogens with zero attached hydrogens (tertiary/aromatic N) is 1. The molecule has 1 aliphatic heterocycles. The van der Waals surface area contributed by atoms with E-state index in [1.165, 1.54) is 0 Å². The van der Waals surface area contributed by atoms with E-state index < -0.39 is 0 Å². The average Bonchev–Trinajstić information content (AvgIpc) is 2.60. The van der Waals surface area contributed by atoms with Crippen molar-refractivity contribution in [3.05, 3.63) is 64.0 Å². The van der Waals surface area contributed by atoms with Gasteiger partial charge in [0.1, 0.15) is 5.58 Å². The first-order valence-electron chi connectivity index (χ1n) is 8.42. The van der Waals surface area contributed by atoms with Gasteiger partial charge in [-0.1, -0.05) is 23.7 Å². The van der Waals surface area contributed by atoms with Gasteiger partial charge in [-0.15, -0.1) is 0 Å². The second-order valence-electron chi connectivity index (χ2n) is 6.48. The molecule has 1 aliphatic rings. The Morgan fingerprint density at radius 3 is 2.88 bits per heavy atom. The lowest BCUT2D eigenvalue weighted by atomic mass is 10.1. The van der Waals surface area contributed by atoms with E-state index in [4.69, 9.17) is 16.0 Å². The molecule has 0 spiro atoms. The van der Waals surface area contributed by atoms with Crippen LogP contribution in [0.5, 0.6) is 0 Å². The zero-order chi connectivity index (χ0) is 17.4. The number of piperazine rings is 1. The minimum atomic E-state index is -0.347. The third-order valence-corrected chi connectivity index (χ3v) is 4.82. The fraction of sp³-hybridized carbons (Fsp3) is 0.250. The maximum absolute atomic E-state index is 12.5. The zero-order valence-corrected chi connectivity index (χ0v) is 14.7. The Morgan fingerprint density at radius 1 is 1.20 bits per heavy atom. The van der Waals surface area contributed by atoms with Crippen molar-refractivity contribution in [2.75, 3.05) is 24.5 Å². The molecule has 1 saturated heterocycles. The van der Waals surface area contributed by atoms with Crippen LogP contribution < -0.4 is 15.8 Å². The van der Waals surface area contributed by atoms with Crippen LogP contribution in [0.3, 0.4) is 0 Å². The van der Waals surface area contributed by atoms with E-state index in [0.29, 0.717) is 22.2 Å². The summed E-state index contributed by atoms with van der Waals surface area (Å²) in [4.78, 5) is 14.8. The predicted octanol–water partition coefficient (Wildman–Crippen LogP) is 3.91. The van der Waals surface area contributed by atoms with Crippen LogP contribution in [0.4, 0.5) is 5.69 Å². The maximum atomic E-state index is 12.5. The number of hydrogen-bond acceptors (Lipinski definition) is 4. The van der Waals surface area contributed by atoms with Crippen LogP contribution in [0.2, 0.25) is 5.02 Å². The summed E-state index contributed by atoms with van der Waals surface area (Å²) in [6.45, 7) is 5.01. The monoisotopic (exact) mass is 354 g/mol. The standard InChI is InChI=1S/C20H19ClN2O2/c1-13-12-23(8-7-22-13)17-6-5-15-10-18(20(24)25-19(15)11-17)14-3-2-4-16(21)9-14/h2-6,9-11,13,22H,7-8,12H2,1H3/t13-/m0/s1. The molecule has 0 aliphatic carbocycles. The van der Waals surface area contributed by atoms with Crippen LogP contribution in [0.1, 0.15) is 6.92 Å². The number of hydrogen-bond donors (Lipinski definition) is 1. The summed E-state index contributed by atoms with van der Waals surface area (Å²) >= 11 is 6.04. The van der Waals surface area contributed by atoms with E-state index in [0.717, 1.165) is 36.3 Å². The molecule has 0 unspecified atom stereocenters. The summed E-state index contributed by atoms with van der Waals surface area (Å²) < 4.78 is 5.60. The van der Waals surface area contributed by atoms with Gasteiger partial charge in [0.05, 0.1) is 5.56 Å². The van der Waals surface area contributed by atoms with Crippen LogP contribution in [0.15, 0.2) is 57.7 Å². The Morgan fingerprint density at radius 2 is 2.08 bits per heavy atom. The van der Waals surface area contributed by atoms with Crippen molar-refractivity contribution < 1.29 is 4.42 Å². The van der Waals surface area contributed by atoms with Gasteiger partial charge in [0.15, 0.2) is 0 Å². The van der Waals surface area contributed by atoms with Crippen molar-refractivity contribution in [1.29, 1.82) is 0 Å². The Labute approximate surface area is 151 Å². The molecule has 0 bridgehead atoms. The molecule has 2 heterocycles. The smallest absolute Gasteiger partial charge is 0.344 e. The predicted molar refractivity (Wildman–Crippen MR) is 103 cm³/mol. The van der Waals surface area contributed by atoms with Crippen molar-refractivity contribution in [1.82, 2.24) is 5.32 Å². The highest BCUT2D eigenvalue weighted by Gasteiger charge is 2.17. The second kappa shape index (κ2) is 6.54. The third-order valence-electron chi connectivity index (χ3n) is 4.59. The van der Waals surface area contributed by atoms with E-state index in [-0.39, 0.29) is 5.63 Å². The number of benzene rings is 2. The van der Waals surface area contributed by atoms with Crippen molar-refractivity contribution in [2.24, 2.45) is 0 Å². The fourth-order valence-corrected chi connectivity index (χ4v) is 3.51. The van der Waals surface area contributed by atoms with Crippen molar-refractivity contribution in [2.45, 2.75) is 13.0 Å². The second-order valence-corrected chi connectivity index (χ2v) is 6.92. The molecule has 1 fully saturated rings. The zero-order valence-electron chi connectivity index (χ0n) is 14.0. The van der Waals surface area contributed by atoms with E-state index in [9.17, 15) is 4.79 Å². The molecule has 0 saturated carbocycles. The molecule has 4 rings (SSSR count). The van der Waals surface area contributed by atoms with E-state index in [1.807, 2.05) is 30.3 Å². The molecular formula is C20H19ClN2O2. The van der Waals surface area contributed by atoms with Gasteiger partial charge in [-0.05, 0) is 42.8 Å². The van der Waals surface area contributed by atoms with Crippen LogP contribution >= 0.6 is 11.6 Å². The number of anilines is 1. The minimum Gasteiger partial charge on any atom is -0.422 e. The number of nitrogens with one attached hydrogen (secondary N) is 1. The highest BCUT2D eigenvalue weighted by Crippen LogP contribution is 2.26. The van der Waals surface area contributed by atoms with E-state index >= 15 is 0 Å². The molecule has 2 aromatic carbocycles. The number of halogens is 1. The molecule has 3 aromatic rings. The quantitative estimate of drug-likeness (QED) is 0.709. The largest absolute Gasteiger partial charge is 0.422 e. The highest BCUT2D eigenvalue weighted by molar-refractivity contribution is 6.30. The first-order chi connectivity index (χ1) is 12.1. The first kappa shape index (κ1) is 16.2.